The molecule has 1 heterocycles. The van der Waals surface area contributed by atoms with Gasteiger partial charge in [-0.2, -0.15) is 0 Å². The Kier molecular flexibility index (Phi) is 5.88. The number of amides is 1. The van der Waals surface area contributed by atoms with Crippen LogP contribution in [0.15, 0.2) is 41.3 Å². The zero-order valence-corrected chi connectivity index (χ0v) is 15.1. The van der Waals surface area contributed by atoms with Gasteiger partial charge in [0.25, 0.3) is 5.91 Å². The number of halogens is 3. The number of hydrogen-bond donors (Lipinski definition) is 1. The molecule has 2 aromatic carbocycles. The van der Waals surface area contributed by atoms with E-state index in [4.69, 9.17) is 0 Å². The van der Waals surface area contributed by atoms with E-state index >= 15 is 0 Å². The predicted molar refractivity (Wildman–Crippen MR) is 97.1 cm³/mol. The summed E-state index contributed by atoms with van der Waals surface area (Å²) in [6.07, 6.45) is 2.17. The van der Waals surface area contributed by atoms with E-state index in [9.17, 15) is 18.0 Å². The minimum absolute atomic E-state index is 0.441. The summed E-state index contributed by atoms with van der Waals surface area (Å²) in [5.41, 5.74) is -0.351. The maximum Gasteiger partial charge on any atom is 0.261 e. The average molecular weight is 380 g/mol. The number of hydrogen-bond acceptors (Lipinski definition) is 3. The molecule has 0 atom stereocenters. The number of rotatable bonds is 4. The second-order valence-corrected chi connectivity index (χ2v) is 7.72. The molecule has 1 saturated heterocycles. The summed E-state index contributed by atoms with van der Waals surface area (Å²) in [5, 5.41) is 2.98. The van der Waals surface area contributed by atoms with E-state index in [0.29, 0.717) is 23.1 Å². The van der Waals surface area contributed by atoms with Crippen molar-refractivity contribution in [2.45, 2.75) is 23.0 Å². The van der Waals surface area contributed by atoms with E-state index in [1.54, 1.807) is 30.0 Å². The molecule has 0 bridgehead atoms. The van der Waals surface area contributed by atoms with Crippen LogP contribution in [0.5, 0.6) is 0 Å². The van der Waals surface area contributed by atoms with Gasteiger partial charge in [0.2, 0.25) is 0 Å². The van der Waals surface area contributed by atoms with E-state index < -0.39 is 28.9 Å². The summed E-state index contributed by atoms with van der Waals surface area (Å²) in [6, 6.07) is 8.13. The van der Waals surface area contributed by atoms with Crippen LogP contribution in [-0.4, -0.2) is 36.2 Å². The summed E-state index contributed by atoms with van der Waals surface area (Å²) >= 11 is 1.74. The van der Waals surface area contributed by atoms with E-state index in [-0.39, 0.29) is 0 Å². The van der Waals surface area contributed by atoms with Gasteiger partial charge in [-0.15, -0.1) is 11.8 Å². The summed E-state index contributed by atoms with van der Waals surface area (Å²) in [7, 11) is 2.10. The molecule has 3 nitrogen and oxygen atoms in total. The number of nitrogens with zero attached hydrogens (tertiary/aromatic N) is 1. The molecule has 0 spiro atoms. The van der Waals surface area contributed by atoms with Crippen molar-refractivity contribution in [3.05, 3.63) is 59.4 Å². The number of carbonyl (C=O) groups excluding carboxylic acids is 1. The largest absolute Gasteiger partial charge is 0.322 e. The van der Waals surface area contributed by atoms with Gasteiger partial charge in [-0.3, -0.25) is 4.79 Å². The lowest BCUT2D eigenvalue weighted by atomic mass is 10.1. The van der Waals surface area contributed by atoms with Crippen LogP contribution in [-0.2, 0) is 0 Å². The van der Waals surface area contributed by atoms with Crippen LogP contribution in [0.2, 0.25) is 0 Å². The highest BCUT2D eigenvalue weighted by Crippen LogP contribution is 2.31. The lowest BCUT2D eigenvalue weighted by molar-refractivity contribution is 0.101. The van der Waals surface area contributed by atoms with Crippen LogP contribution in [0, 0.1) is 17.5 Å². The highest BCUT2D eigenvalue weighted by molar-refractivity contribution is 8.00. The Morgan fingerprint density at radius 1 is 1.12 bits per heavy atom. The van der Waals surface area contributed by atoms with Gasteiger partial charge < -0.3 is 10.2 Å². The molecule has 7 heteroatoms. The number of benzene rings is 2. The van der Waals surface area contributed by atoms with E-state index in [2.05, 4.69) is 17.3 Å². The molecule has 1 aliphatic heterocycles. The third kappa shape index (κ3) is 4.59. The summed E-state index contributed by atoms with van der Waals surface area (Å²) in [5.74, 6) is -4.46. The molecule has 138 valence electrons. The molecule has 1 N–H and O–H groups in total. The van der Waals surface area contributed by atoms with Crippen molar-refractivity contribution in [2.24, 2.45) is 0 Å². The fourth-order valence-electron chi connectivity index (χ4n) is 2.90. The fraction of sp³-hybridized carbons (Fsp3) is 0.316. The second kappa shape index (κ2) is 8.14. The summed E-state index contributed by atoms with van der Waals surface area (Å²) in [4.78, 5) is 15.5. The van der Waals surface area contributed by atoms with Crippen LogP contribution in [0.1, 0.15) is 23.2 Å². The minimum atomic E-state index is -1.23. The molecule has 0 aliphatic carbocycles. The summed E-state index contributed by atoms with van der Waals surface area (Å²) in [6.45, 7) is 2.11. The van der Waals surface area contributed by atoms with Crippen LogP contribution in [0.4, 0.5) is 18.9 Å². The Hall–Kier alpha value is -1.99. The van der Waals surface area contributed by atoms with Gasteiger partial charge in [0.15, 0.2) is 0 Å². The minimum Gasteiger partial charge on any atom is -0.322 e. The Morgan fingerprint density at radius 2 is 1.77 bits per heavy atom. The number of piperidine rings is 1. The van der Waals surface area contributed by atoms with E-state index in [1.807, 2.05) is 6.07 Å². The van der Waals surface area contributed by atoms with Crippen LogP contribution >= 0.6 is 11.8 Å². The molecule has 0 radical (unpaired) electrons. The normalized spacial score (nSPS) is 15.8. The van der Waals surface area contributed by atoms with Gasteiger partial charge in [0.1, 0.15) is 23.0 Å². The Bertz CT molecular complexity index is 784. The van der Waals surface area contributed by atoms with Crippen LogP contribution in [0.3, 0.4) is 0 Å². The molecule has 26 heavy (non-hydrogen) atoms. The van der Waals surface area contributed by atoms with Crippen molar-refractivity contribution in [1.29, 1.82) is 0 Å². The number of anilines is 1. The Balaban J connectivity index is 1.70. The number of nitrogens with one attached hydrogen (secondary N) is 1. The van der Waals surface area contributed by atoms with Crippen molar-refractivity contribution in [3.63, 3.8) is 0 Å². The zero-order valence-electron chi connectivity index (χ0n) is 14.3. The van der Waals surface area contributed by atoms with Gasteiger partial charge in [-0.1, -0.05) is 6.07 Å². The lowest BCUT2D eigenvalue weighted by Gasteiger charge is -2.28. The van der Waals surface area contributed by atoms with Crippen molar-refractivity contribution in [1.82, 2.24) is 4.90 Å². The molecule has 1 aliphatic rings. The highest BCUT2D eigenvalue weighted by Gasteiger charge is 2.20. The fourth-order valence-corrected chi connectivity index (χ4v) is 4.08. The highest BCUT2D eigenvalue weighted by atomic mass is 32.2. The topological polar surface area (TPSA) is 32.3 Å². The van der Waals surface area contributed by atoms with Gasteiger partial charge >= 0.3 is 0 Å². The first kappa shape index (κ1) is 18.8. The Morgan fingerprint density at radius 3 is 2.42 bits per heavy atom. The number of thioether (sulfide) groups is 1. The zero-order chi connectivity index (χ0) is 18.7. The van der Waals surface area contributed by atoms with Gasteiger partial charge in [-0.05, 0) is 51.2 Å². The molecular formula is C19H19F3N2OS. The average Bonchev–Trinajstić information content (AvgIpc) is 2.56. The molecule has 0 saturated carbocycles. The predicted octanol–water partition coefficient (Wildman–Crippen LogP) is 4.54. The molecule has 1 amide bonds. The van der Waals surface area contributed by atoms with Crippen molar-refractivity contribution in [3.8, 4) is 0 Å². The van der Waals surface area contributed by atoms with Gasteiger partial charge in [0, 0.05) is 28.0 Å². The number of carbonyl (C=O) groups is 1. The van der Waals surface area contributed by atoms with Crippen molar-refractivity contribution >= 4 is 23.4 Å². The van der Waals surface area contributed by atoms with Gasteiger partial charge in [-0.25, -0.2) is 13.2 Å². The maximum atomic E-state index is 13.7. The van der Waals surface area contributed by atoms with Crippen LogP contribution in [0.25, 0.3) is 0 Å². The molecule has 0 aromatic heterocycles. The third-order valence-electron chi connectivity index (χ3n) is 4.29. The Labute approximate surface area is 154 Å². The van der Waals surface area contributed by atoms with E-state index in [0.717, 1.165) is 30.8 Å². The number of likely N-dealkylation sites (tertiary alicyclic amines) is 1. The first-order valence-corrected chi connectivity index (χ1v) is 9.21. The first-order valence-electron chi connectivity index (χ1n) is 8.33. The van der Waals surface area contributed by atoms with Crippen molar-refractivity contribution in [2.75, 3.05) is 25.5 Å². The lowest BCUT2D eigenvalue weighted by Crippen LogP contribution is -2.31. The molecular weight excluding hydrogens is 361 g/mol. The van der Waals surface area contributed by atoms with Gasteiger partial charge in [0.05, 0.1) is 0 Å². The molecule has 3 rings (SSSR count). The quantitative estimate of drug-likeness (QED) is 0.845. The molecule has 0 unspecified atom stereocenters. The first-order chi connectivity index (χ1) is 12.4. The smallest absolute Gasteiger partial charge is 0.261 e. The van der Waals surface area contributed by atoms with E-state index in [1.165, 1.54) is 0 Å². The molecule has 2 aromatic rings. The second-order valence-electron chi connectivity index (χ2n) is 6.35. The van der Waals surface area contributed by atoms with Crippen LogP contribution < -0.4 is 5.32 Å². The molecule has 1 fully saturated rings. The SMILES string of the molecule is CN1CCC(Sc2cccc(NC(=O)c3c(F)cc(F)cc3F)c2)CC1. The van der Waals surface area contributed by atoms with Crippen molar-refractivity contribution < 1.29 is 18.0 Å². The maximum absolute atomic E-state index is 13.7. The summed E-state index contributed by atoms with van der Waals surface area (Å²) < 4.78 is 40.5. The third-order valence-corrected chi connectivity index (χ3v) is 5.63. The monoisotopic (exact) mass is 380 g/mol. The standard InChI is InChI=1S/C19H19F3N2OS/c1-24-7-5-14(6-8-24)26-15-4-2-3-13(11-15)23-19(25)18-16(21)9-12(20)10-17(18)22/h2-4,9-11,14H,5-8H2,1H3,(H,23,25).